The Morgan fingerprint density at radius 3 is 2.69 bits per heavy atom. The van der Waals surface area contributed by atoms with Crippen LogP contribution in [0.3, 0.4) is 0 Å². The second-order valence-corrected chi connectivity index (χ2v) is 7.77. The van der Waals surface area contributed by atoms with Gasteiger partial charge in [0.15, 0.2) is 6.10 Å². The molecule has 0 saturated carbocycles. The Hall–Kier alpha value is -2.71. The first-order valence-corrected chi connectivity index (χ1v) is 10.1. The molecule has 1 unspecified atom stereocenters. The number of aryl methyl sites for hydroxylation is 1. The van der Waals surface area contributed by atoms with Crippen LogP contribution in [0.25, 0.3) is 0 Å². The predicted molar refractivity (Wildman–Crippen MR) is 109 cm³/mol. The van der Waals surface area contributed by atoms with Crippen LogP contribution in [0.5, 0.6) is 0 Å². The van der Waals surface area contributed by atoms with E-state index in [1.165, 1.54) is 35.1 Å². The number of amides is 1. The SMILES string of the molecule is Cc1nn(Cc2ccc(F)cc2)c(Cl)c1C(=O)OC(C)C(=O)NCc1cccs1. The van der Waals surface area contributed by atoms with Gasteiger partial charge in [0.05, 0.1) is 18.8 Å². The number of carbonyl (C=O) groups excluding carboxylic acids is 2. The zero-order chi connectivity index (χ0) is 21.0. The number of halogens is 2. The molecule has 0 aliphatic heterocycles. The minimum atomic E-state index is -0.988. The van der Waals surface area contributed by atoms with Gasteiger partial charge in [-0.15, -0.1) is 11.3 Å². The van der Waals surface area contributed by atoms with Crippen molar-refractivity contribution in [3.05, 3.63) is 74.4 Å². The zero-order valence-corrected chi connectivity index (χ0v) is 17.4. The van der Waals surface area contributed by atoms with Crippen LogP contribution in [0.4, 0.5) is 4.39 Å². The van der Waals surface area contributed by atoms with Crippen LogP contribution in [0, 0.1) is 12.7 Å². The standard InChI is InChI=1S/C20H19ClFN3O3S/c1-12-17(18(21)25(24-12)11-14-5-7-15(22)8-6-14)20(27)28-13(2)19(26)23-10-16-4-3-9-29-16/h3-9,13H,10-11H2,1-2H3,(H,23,26). The van der Waals surface area contributed by atoms with Gasteiger partial charge < -0.3 is 10.1 Å². The van der Waals surface area contributed by atoms with Crippen molar-refractivity contribution < 1.29 is 18.7 Å². The fourth-order valence-electron chi connectivity index (χ4n) is 2.66. The summed E-state index contributed by atoms with van der Waals surface area (Å²) in [5, 5.41) is 9.00. The van der Waals surface area contributed by atoms with Crippen molar-refractivity contribution in [2.24, 2.45) is 0 Å². The van der Waals surface area contributed by atoms with Crippen LogP contribution in [-0.4, -0.2) is 27.8 Å². The summed E-state index contributed by atoms with van der Waals surface area (Å²) >= 11 is 7.85. The second kappa shape index (κ2) is 9.19. The van der Waals surface area contributed by atoms with Crippen molar-refractivity contribution in [1.29, 1.82) is 0 Å². The van der Waals surface area contributed by atoms with Crippen LogP contribution < -0.4 is 5.32 Å². The smallest absolute Gasteiger partial charge is 0.343 e. The summed E-state index contributed by atoms with van der Waals surface area (Å²) < 4.78 is 19.8. The topological polar surface area (TPSA) is 73.2 Å². The highest BCUT2D eigenvalue weighted by Gasteiger charge is 2.25. The third-order valence-electron chi connectivity index (χ3n) is 4.19. The third kappa shape index (κ3) is 5.21. The number of benzene rings is 1. The Labute approximate surface area is 176 Å². The summed E-state index contributed by atoms with van der Waals surface area (Å²) in [6.07, 6.45) is -0.988. The molecule has 29 heavy (non-hydrogen) atoms. The summed E-state index contributed by atoms with van der Waals surface area (Å²) in [6, 6.07) is 9.70. The van der Waals surface area contributed by atoms with E-state index in [1.807, 2.05) is 17.5 Å². The highest BCUT2D eigenvalue weighted by molar-refractivity contribution is 7.09. The number of nitrogens with one attached hydrogen (secondary N) is 1. The summed E-state index contributed by atoms with van der Waals surface area (Å²) in [7, 11) is 0. The van der Waals surface area contributed by atoms with E-state index in [1.54, 1.807) is 19.1 Å². The van der Waals surface area contributed by atoms with Crippen LogP contribution in [-0.2, 0) is 22.6 Å². The number of esters is 1. The van der Waals surface area contributed by atoms with Gasteiger partial charge in [-0.3, -0.25) is 4.79 Å². The molecule has 1 atom stereocenters. The Morgan fingerprint density at radius 1 is 1.31 bits per heavy atom. The lowest BCUT2D eigenvalue weighted by Gasteiger charge is -2.13. The summed E-state index contributed by atoms with van der Waals surface area (Å²) in [6.45, 7) is 3.76. The molecular formula is C20H19ClFN3O3S. The van der Waals surface area contributed by atoms with E-state index in [2.05, 4.69) is 10.4 Å². The lowest BCUT2D eigenvalue weighted by atomic mass is 10.2. The summed E-state index contributed by atoms with van der Waals surface area (Å²) in [5.74, 6) is -1.47. The first kappa shape index (κ1) is 21.0. The Balaban J connectivity index is 1.64. The minimum Gasteiger partial charge on any atom is -0.449 e. The largest absolute Gasteiger partial charge is 0.449 e. The molecule has 1 N–H and O–H groups in total. The number of hydrogen-bond acceptors (Lipinski definition) is 5. The molecule has 6 nitrogen and oxygen atoms in total. The summed E-state index contributed by atoms with van der Waals surface area (Å²) in [4.78, 5) is 25.7. The minimum absolute atomic E-state index is 0.100. The number of nitrogens with zero attached hydrogens (tertiary/aromatic N) is 2. The Bertz CT molecular complexity index is 1000. The summed E-state index contributed by atoms with van der Waals surface area (Å²) in [5.41, 5.74) is 1.26. The number of carbonyl (C=O) groups is 2. The van der Waals surface area contributed by atoms with E-state index < -0.39 is 18.0 Å². The molecule has 2 aromatic heterocycles. The monoisotopic (exact) mass is 435 g/mol. The molecule has 152 valence electrons. The van der Waals surface area contributed by atoms with Gasteiger partial charge in [-0.1, -0.05) is 29.8 Å². The Kier molecular flexibility index (Phi) is 6.66. The third-order valence-corrected chi connectivity index (χ3v) is 5.45. The van der Waals surface area contributed by atoms with E-state index in [4.69, 9.17) is 16.3 Å². The molecule has 0 bridgehead atoms. The molecule has 2 heterocycles. The molecule has 0 fully saturated rings. The maximum atomic E-state index is 13.1. The molecule has 9 heteroatoms. The maximum Gasteiger partial charge on any atom is 0.343 e. The molecule has 0 spiro atoms. The van der Waals surface area contributed by atoms with Gasteiger partial charge in [-0.2, -0.15) is 5.10 Å². The van der Waals surface area contributed by atoms with Crippen molar-refractivity contribution in [2.45, 2.75) is 33.0 Å². The molecule has 0 radical (unpaired) electrons. The molecule has 0 saturated heterocycles. The van der Waals surface area contributed by atoms with E-state index >= 15 is 0 Å². The number of aromatic nitrogens is 2. The van der Waals surface area contributed by atoms with Gasteiger partial charge in [-0.05, 0) is 43.0 Å². The molecule has 3 rings (SSSR count). The second-order valence-electron chi connectivity index (χ2n) is 6.38. The van der Waals surface area contributed by atoms with Crippen molar-refractivity contribution in [2.75, 3.05) is 0 Å². The van der Waals surface area contributed by atoms with Gasteiger partial charge in [0, 0.05) is 4.88 Å². The number of rotatable bonds is 7. The molecule has 3 aromatic rings. The quantitative estimate of drug-likeness (QED) is 0.570. The van der Waals surface area contributed by atoms with Crippen LogP contribution in [0.15, 0.2) is 41.8 Å². The van der Waals surface area contributed by atoms with Crippen LogP contribution in [0.2, 0.25) is 5.15 Å². The predicted octanol–water partition coefficient (Wildman–Crippen LogP) is 3.96. The van der Waals surface area contributed by atoms with E-state index in [0.29, 0.717) is 12.2 Å². The van der Waals surface area contributed by atoms with Crippen molar-refractivity contribution in [3.63, 3.8) is 0 Å². The van der Waals surface area contributed by atoms with Gasteiger partial charge in [0.25, 0.3) is 5.91 Å². The highest BCUT2D eigenvalue weighted by atomic mass is 35.5. The van der Waals surface area contributed by atoms with Crippen molar-refractivity contribution in [3.8, 4) is 0 Å². The van der Waals surface area contributed by atoms with Crippen molar-refractivity contribution >= 4 is 34.8 Å². The lowest BCUT2D eigenvalue weighted by Crippen LogP contribution is -2.35. The first-order valence-electron chi connectivity index (χ1n) is 8.83. The zero-order valence-electron chi connectivity index (χ0n) is 15.8. The fraction of sp³-hybridized carbons (Fsp3) is 0.250. The molecule has 1 amide bonds. The van der Waals surface area contributed by atoms with E-state index in [-0.39, 0.29) is 23.1 Å². The highest BCUT2D eigenvalue weighted by Crippen LogP contribution is 2.22. The average Bonchev–Trinajstić information content (AvgIpc) is 3.29. The normalized spacial score (nSPS) is 11.9. The lowest BCUT2D eigenvalue weighted by molar-refractivity contribution is -0.129. The maximum absolute atomic E-state index is 13.1. The number of thiophene rings is 1. The van der Waals surface area contributed by atoms with Crippen LogP contribution in [0.1, 0.15) is 33.4 Å². The first-order chi connectivity index (χ1) is 13.8. The average molecular weight is 436 g/mol. The van der Waals surface area contributed by atoms with Gasteiger partial charge in [0.2, 0.25) is 0 Å². The van der Waals surface area contributed by atoms with Gasteiger partial charge in [0.1, 0.15) is 16.5 Å². The van der Waals surface area contributed by atoms with Gasteiger partial charge >= 0.3 is 5.97 Å². The van der Waals surface area contributed by atoms with E-state index in [9.17, 15) is 14.0 Å². The number of ether oxygens (including phenoxy) is 1. The molecule has 1 aromatic carbocycles. The molecule has 0 aliphatic rings. The number of hydrogen-bond donors (Lipinski definition) is 1. The molecular weight excluding hydrogens is 417 g/mol. The van der Waals surface area contributed by atoms with Crippen molar-refractivity contribution in [1.82, 2.24) is 15.1 Å². The molecule has 0 aliphatic carbocycles. The Morgan fingerprint density at radius 2 is 2.03 bits per heavy atom. The van der Waals surface area contributed by atoms with Crippen LogP contribution >= 0.6 is 22.9 Å². The van der Waals surface area contributed by atoms with Gasteiger partial charge in [-0.25, -0.2) is 13.9 Å². The van der Waals surface area contributed by atoms with E-state index in [0.717, 1.165) is 10.4 Å². The fourth-order valence-corrected chi connectivity index (χ4v) is 3.61.